The molecule has 0 saturated carbocycles. The Morgan fingerprint density at radius 1 is 1.00 bits per heavy atom. The van der Waals surface area contributed by atoms with Gasteiger partial charge in [-0.05, 0) is 0 Å². The summed E-state index contributed by atoms with van der Waals surface area (Å²) in [5, 5.41) is 0. The smallest absolute Gasteiger partial charge is 0 e. The van der Waals surface area contributed by atoms with Gasteiger partial charge in [0.25, 0.3) is 0 Å². The van der Waals surface area contributed by atoms with Crippen molar-refractivity contribution in [1.29, 1.82) is 0 Å². The second kappa shape index (κ2) is 22.1. The Morgan fingerprint density at radius 2 is 1.00 bits per heavy atom. The van der Waals surface area contributed by atoms with Crippen molar-refractivity contribution in [3.8, 4) is 0 Å². The monoisotopic (exact) mass is 315 g/mol. The molecule has 0 spiro atoms. The van der Waals surface area contributed by atoms with Gasteiger partial charge in [0, 0.05) is 54.9 Å². The van der Waals surface area contributed by atoms with Crippen LogP contribution in [0.2, 0.25) is 0 Å². The minimum absolute atomic E-state index is 0. The zero-order valence-corrected chi connectivity index (χ0v) is 6.17. The molecule has 0 amide bonds. The molecule has 0 N–H and O–H groups in total. The molecule has 0 bridgehead atoms. The van der Waals surface area contributed by atoms with Gasteiger partial charge in [-0.25, -0.2) is 0 Å². The van der Waals surface area contributed by atoms with Crippen LogP contribution in [0, 0.1) is 0 Å². The van der Waals surface area contributed by atoms with Crippen molar-refractivity contribution in [2.75, 3.05) is 0 Å². The average Bonchev–Trinajstić information content (AvgIpc) is 0. The van der Waals surface area contributed by atoms with Gasteiger partial charge in [0.05, 0.1) is 0 Å². The molecule has 0 aromatic rings. The Bertz CT molecular complexity index is 8.00. The zero-order chi connectivity index (χ0) is 0. The van der Waals surface area contributed by atoms with Crippen LogP contribution in [0.4, 0.5) is 0 Å². The van der Waals surface area contributed by atoms with E-state index in [1.807, 2.05) is 0 Å². The van der Waals surface area contributed by atoms with E-state index in [1.54, 1.807) is 0 Å². The van der Waals surface area contributed by atoms with Gasteiger partial charge in [-0.1, -0.05) is 7.43 Å². The summed E-state index contributed by atoms with van der Waals surface area (Å²) in [6.07, 6.45) is 0. The third-order valence-electron chi connectivity index (χ3n) is 0. The molecule has 0 aliphatic carbocycles. The number of hydrogen-bond acceptors (Lipinski definition) is 0. The maximum atomic E-state index is 0. The van der Waals surface area contributed by atoms with Gasteiger partial charge in [0.15, 0.2) is 0 Å². The maximum absolute atomic E-state index is 0. The Balaban J connectivity index is 0. The molecule has 31 valence electrons. The first-order chi connectivity index (χ1) is 0. The summed E-state index contributed by atoms with van der Waals surface area (Å²) in [4.78, 5) is 0. The second-order valence-corrected chi connectivity index (χ2v) is 0. The molecule has 0 atom stereocenters. The summed E-state index contributed by atoms with van der Waals surface area (Å²) in [6.45, 7) is 0. The topological polar surface area (TPSA) is 0 Å². The first-order valence-corrected chi connectivity index (χ1v) is 0. The molecule has 0 aromatic heterocycles. The summed E-state index contributed by atoms with van der Waals surface area (Å²) in [6, 6.07) is 0. The molecular formula is CH4CoFeW. The van der Waals surface area contributed by atoms with Gasteiger partial charge in [-0.15, -0.1) is 0 Å². The summed E-state index contributed by atoms with van der Waals surface area (Å²) in [7, 11) is 0. The second-order valence-electron chi connectivity index (χ2n) is 0. The predicted octanol–water partition coefficient (Wildman–Crippen LogP) is 0.629. The molecule has 4 heavy (non-hydrogen) atoms. The van der Waals surface area contributed by atoms with E-state index in [9.17, 15) is 0 Å². The Labute approximate surface area is 62.0 Å². The van der Waals surface area contributed by atoms with Crippen LogP contribution in [0.25, 0.3) is 0 Å². The van der Waals surface area contributed by atoms with Crippen molar-refractivity contribution in [3.63, 3.8) is 0 Å². The molecular weight excluding hydrogens is 311 g/mol. The molecule has 3 heteroatoms. The van der Waals surface area contributed by atoms with Crippen LogP contribution < -0.4 is 0 Å². The molecule has 0 saturated heterocycles. The first kappa shape index (κ1) is 43.2. The molecule has 0 aliphatic rings. The van der Waals surface area contributed by atoms with Crippen LogP contribution in [0.15, 0.2) is 0 Å². The fourth-order valence-electron chi connectivity index (χ4n) is 0. The largest absolute Gasteiger partial charge is 0.0776 e. The molecule has 0 aliphatic heterocycles. The fourth-order valence-corrected chi connectivity index (χ4v) is 0. The van der Waals surface area contributed by atoms with Crippen LogP contribution in [0.3, 0.4) is 0 Å². The van der Waals surface area contributed by atoms with E-state index < -0.39 is 0 Å². The Kier molecular flexibility index (Phi) is 239. The third kappa shape index (κ3) is 9.31. The van der Waals surface area contributed by atoms with E-state index in [0.29, 0.717) is 0 Å². The van der Waals surface area contributed by atoms with E-state index in [1.165, 1.54) is 0 Å². The van der Waals surface area contributed by atoms with E-state index in [2.05, 4.69) is 0 Å². The van der Waals surface area contributed by atoms with Crippen LogP contribution in [0.1, 0.15) is 7.43 Å². The minimum atomic E-state index is 0. The van der Waals surface area contributed by atoms with Gasteiger partial charge in [-0.3, -0.25) is 0 Å². The quantitative estimate of drug-likeness (QED) is 0.575. The average molecular weight is 315 g/mol. The van der Waals surface area contributed by atoms with Crippen LogP contribution in [0.5, 0.6) is 0 Å². The van der Waals surface area contributed by atoms with E-state index in [-0.39, 0.29) is 62.3 Å². The van der Waals surface area contributed by atoms with Gasteiger partial charge in [0.1, 0.15) is 0 Å². The molecule has 0 heterocycles. The predicted molar refractivity (Wildman–Crippen MR) is 6.73 cm³/mol. The summed E-state index contributed by atoms with van der Waals surface area (Å²) >= 11 is 0. The van der Waals surface area contributed by atoms with Gasteiger partial charge in [0.2, 0.25) is 0 Å². The van der Waals surface area contributed by atoms with E-state index >= 15 is 0 Å². The summed E-state index contributed by atoms with van der Waals surface area (Å²) in [5.41, 5.74) is 0. The van der Waals surface area contributed by atoms with E-state index in [4.69, 9.17) is 0 Å². The van der Waals surface area contributed by atoms with Crippen molar-refractivity contribution in [3.05, 3.63) is 0 Å². The summed E-state index contributed by atoms with van der Waals surface area (Å²) in [5.74, 6) is 0. The first-order valence-electron chi connectivity index (χ1n) is 0. The molecule has 1 radical (unpaired) electrons. The Morgan fingerprint density at radius 3 is 1.00 bits per heavy atom. The van der Waals surface area contributed by atoms with Crippen LogP contribution >= 0.6 is 0 Å². The standard InChI is InChI=1S/CH4.Co.Fe.W/h1H4;;;. The minimum Gasteiger partial charge on any atom is -0.0776 e. The van der Waals surface area contributed by atoms with Crippen molar-refractivity contribution < 1.29 is 54.9 Å². The molecule has 0 aromatic carbocycles. The molecule has 0 nitrogen and oxygen atoms in total. The molecule has 0 fully saturated rings. The van der Waals surface area contributed by atoms with Crippen LogP contribution in [-0.4, -0.2) is 0 Å². The maximum Gasteiger partial charge on any atom is 0 e. The normalized spacial score (nSPS) is 0. The number of hydrogen-bond donors (Lipinski definition) is 0. The van der Waals surface area contributed by atoms with Gasteiger partial charge < -0.3 is 0 Å². The van der Waals surface area contributed by atoms with Crippen molar-refractivity contribution in [2.24, 2.45) is 0 Å². The van der Waals surface area contributed by atoms with Gasteiger partial charge in [-0.2, -0.15) is 0 Å². The Hall–Kier alpha value is 1.71. The third-order valence-corrected chi connectivity index (χ3v) is 0. The fraction of sp³-hybridized carbons (Fsp3) is 1.00. The van der Waals surface area contributed by atoms with Crippen LogP contribution in [-0.2, 0) is 54.9 Å². The van der Waals surface area contributed by atoms with Crippen molar-refractivity contribution in [1.82, 2.24) is 0 Å². The van der Waals surface area contributed by atoms with Crippen molar-refractivity contribution in [2.45, 2.75) is 7.43 Å². The van der Waals surface area contributed by atoms with E-state index in [0.717, 1.165) is 0 Å². The van der Waals surface area contributed by atoms with Gasteiger partial charge >= 0.3 is 0 Å². The molecule has 0 rings (SSSR count). The zero-order valence-electron chi connectivity index (χ0n) is 1.10. The molecule has 0 unspecified atom stereocenters. The SMILES string of the molecule is C.[Co].[Fe].[W]. The number of rotatable bonds is 0. The summed E-state index contributed by atoms with van der Waals surface area (Å²) < 4.78 is 0. The van der Waals surface area contributed by atoms with Crippen molar-refractivity contribution >= 4 is 0 Å².